The summed E-state index contributed by atoms with van der Waals surface area (Å²) < 4.78 is 0. The zero-order valence-electron chi connectivity index (χ0n) is 11.5. The Bertz CT molecular complexity index is 401. The molecule has 0 radical (unpaired) electrons. The Kier molecular flexibility index (Phi) is 3.33. The molecule has 0 aliphatic carbocycles. The maximum absolute atomic E-state index is 12.0. The second-order valence-electron chi connectivity index (χ2n) is 6.46. The molecule has 0 aliphatic rings. The summed E-state index contributed by atoms with van der Waals surface area (Å²) in [7, 11) is 0. The third-order valence-corrected chi connectivity index (χ3v) is 2.55. The molecule has 1 rings (SSSR count). The summed E-state index contributed by atoms with van der Waals surface area (Å²) in [6.45, 7) is 11.2. The summed E-state index contributed by atoms with van der Waals surface area (Å²) in [4.78, 5) is 26.9. The predicted molar refractivity (Wildman–Crippen MR) is 68.4 cm³/mol. The largest absolute Gasteiger partial charge is 0.358 e. The molecule has 1 aromatic rings. The molecule has 1 aromatic heterocycles. The lowest BCUT2D eigenvalue weighted by atomic mass is 9.86. The van der Waals surface area contributed by atoms with E-state index in [2.05, 4.69) is 4.98 Å². The van der Waals surface area contributed by atoms with E-state index in [1.165, 1.54) is 0 Å². The number of H-pyrrole nitrogens is 1. The van der Waals surface area contributed by atoms with Gasteiger partial charge < -0.3 is 4.98 Å². The fourth-order valence-corrected chi connectivity index (χ4v) is 1.49. The van der Waals surface area contributed by atoms with E-state index in [-0.39, 0.29) is 11.6 Å². The van der Waals surface area contributed by atoms with Crippen LogP contribution in [0.3, 0.4) is 0 Å². The Morgan fingerprint density at radius 3 is 1.82 bits per heavy atom. The third kappa shape index (κ3) is 3.05. The van der Waals surface area contributed by atoms with Crippen molar-refractivity contribution in [1.29, 1.82) is 0 Å². The van der Waals surface area contributed by atoms with E-state index in [0.29, 0.717) is 11.3 Å². The maximum atomic E-state index is 12.0. The fraction of sp³-hybridized carbons (Fsp3) is 0.571. The highest BCUT2D eigenvalue weighted by atomic mass is 16.1. The first-order valence-corrected chi connectivity index (χ1v) is 5.81. The van der Waals surface area contributed by atoms with Gasteiger partial charge in [0, 0.05) is 22.6 Å². The smallest absolute Gasteiger partial charge is 0.184 e. The number of carbonyl (C=O) groups excluding carboxylic acids is 2. The molecular weight excluding hydrogens is 214 g/mol. The maximum Gasteiger partial charge on any atom is 0.184 e. The second-order valence-corrected chi connectivity index (χ2v) is 6.46. The SMILES string of the molecule is CC(C)(C)C(=O)c1c[nH]c(C(=O)C(C)(C)C)c1. The number of Topliss-reactive ketones (excluding diaryl/α,β-unsaturated/α-hetero) is 2. The Labute approximate surface area is 103 Å². The van der Waals surface area contributed by atoms with Crippen LogP contribution in [0.5, 0.6) is 0 Å². The van der Waals surface area contributed by atoms with Crippen LogP contribution in [0.15, 0.2) is 12.3 Å². The van der Waals surface area contributed by atoms with Crippen molar-refractivity contribution < 1.29 is 9.59 Å². The summed E-state index contributed by atoms with van der Waals surface area (Å²) in [6, 6.07) is 1.65. The fourth-order valence-electron chi connectivity index (χ4n) is 1.49. The number of ketones is 2. The molecule has 0 spiro atoms. The van der Waals surface area contributed by atoms with Crippen LogP contribution in [-0.2, 0) is 0 Å². The average molecular weight is 235 g/mol. The predicted octanol–water partition coefficient (Wildman–Crippen LogP) is 3.47. The van der Waals surface area contributed by atoms with E-state index in [0.717, 1.165) is 0 Å². The van der Waals surface area contributed by atoms with Crippen LogP contribution in [0.2, 0.25) is 0 Å². The number of nitrogens with one attached hydrogen (secondary N) is 1. The standard InChI is InChI=1S/C14H21NO2/c1-13(2,3)11(16)9-7-10(15-8-9)12(17)14(4,5)6/h7-8,15H,1-6H3. The van der Waals surface area contributed by atoms with E-state index in [9.17, 15) is 9.59 Å². The summed E-state index contributed by atoms with van der Waals surface area (Å²) in [6.07, 6.45) is 1.62. The normalized spacial score (nSPS) is 12.6. The quantitative estimate of drug-likeness (QED) is 0.798. The number of aromatic nitrogens is 1. The van der Waals surface area contributed by atoms with Crippen molar-refractivity contribution in [2.75, 3.05) is 0 Å². The van der Waals surface area contributed by atoms with Gasteiger partial charge in [-0.3, -0.25) is 9.59 Å². The van der Waals surface area contributed by atoms with E-state index in [1.54, 1.807) is 12.3 Å². The van der Waals surface area contributed by atoms with E-state index >= 15 is 0 Å². The van der Waals surface area contributed by atoms with Gasteiger partial charge in [0.05, 0.1) is 5.69 Å². The highest BCUT2D eigenvalue weighted by Gasteiger charge is 2.27. The number of hydrogen-bond acceptors (Lipinski definition) is 2. The lowest BCUT2D eigenvalue weighted by molar-refractivity contribution is 0.0853. The lowest BCUT2D eigenvalue weighted by Crippen LogP contribution is -2.21. The summed E-state index contributed by atoms with van der Waals surface area (Å²) in [5.41, 5.74) is 0.215. The number of hydrogen-bond donors (Lipinski definition) is 1. The van der Waals surface area contributed by atoms with Gasteiger partial charge in [-0.05, 0) is 6.07 Å². The molecule has 1 heterocycles. The molecule has 0 saturated carbocycles. The van der Waals surface area contributed by atoms with Gasteiger partial charge in [-0.25, -0.2) is 0 Å². The van der Waals surface area contributed by atoms with Crippen LogP contribution in [0.25, 0.3) is 0 Å². The zero-order chi connectivity index (χ0) is 13.4. The molecule has 3 heteroatoms. The summed E-state index contributed by atoms with van der Waals surface area (Å²) in [5.74, 6) is 0.0622. The van der Waals surface area contributed by atoms with Crippen LogP contribution in [-0.4, -0.2) is 16.6 Å². The van der Waals surface area contributed by atoms with Gasteiger partial charge in [-0.2, -0.15) is 0 Å². The van der Waals surface area contributed by atoms with E-state index < -0.39 is 10.8 Å². The number of rotatable bonds is 2. The minimum absolute atomic E-state index is 0.0189. The van der Waals surface area contributed by atoms with Gasteiger partial charge in [0.1, 0.15) is 0 Å². The van der Waals surface area contributed by atoms with Crippen molar-refractivity contribution in [3.8, 4) is 0 Å². The molecular formula is C14H21NO2. The molecule has 0 fully saturated rings. The molecule has 94 valence electrons. The Balaban J connectivity index is 3.02. The second kappa shape index (κ2) is 4.13. The molecule has 0 unspecified atom stereocenters. The van der Waals surface area contributed by atoms with Crippen molar-refractivity contribution in [1.82, 2.24) is 4.98 Å². The number of carbonyl (C=O) groups is 2. The molecule has 0 amide bonds. The molecule has 0 bridgehead atoms. The first-order valence-electron chi connectivity index (χ1n) is 5.81. The lowest BCUT2D eigenvalue weighted by Gasteiger charge is -2.15. The minimum atomic E-state index is -0.438. The Morgan fingerprint density at radius 1 is 0.941 bits per heavy atom. The molecule has 0 aromatic carbocycles. The van der Waals surface area contributed by atoms with Crippen molar-refractivity contribution in [2.45, 2.75) is 41.5 Å². The van der Waals surface area contributed by atoms with Gasteiger partial charge in [-0.15, -0.1) is 0 Å². The van der Waals surface area contributed by atoms with Crippen LogP contribution >= 0.6 is 0 Å². The molecule has 0 atom stereocenters. The van der Waals surface area contributed by atoms with Gasteiger partial charge >= 0.3 is 0 Å². The topological polar surface area (TPSA) is 49.9 Å². The van der Waals surface area contributed by atoms with Gasteiger partial charge in [0.25, 0.3) is 0 Å². The van der Waals surface area contributed by atoms with Crippen LogP contribution < -0.4 is 0 Å². The van der Waals surface area contributed by atoms with Gasteiger partial charge in [0.15, 0.2) is 11.6 Å². The summed E-state index contributed by atoms with van der Waals surface area (Å²) >= 11 is 0. The zero-order valence-corrected chi connectivity index (χ0v) is 11.5. The Hall–Kier alpha value is -1.38. The molecule has 0 aliphatic heterocycles. The molecule has 0 saturated heterocycles. The Morgan fingerprint density at radius 2 is 1.41 bits per heavy atom. The molecule has 17 heavy (non-hydrogen) atoms. The molecule has 3 nitrogen and oxygen atoms in total. The number of aromatic amines is 1. The first-order chi connectivity index (χ1) is 7.53. The highest BCUT2D eigenvalue weighted by Crippen LogP contribution is 2.24. The monoisotopic (exact) mass is 235 g/mol. The average Bonchev–Trinajstić information content (AvgIpc) is 2.60. The van der Waals surface area contributed by atoms with Crippen molar-refractivity contribution in [3.05, 3.63) is 23.5 Å². The van der Waals surface area contributed by atoms with Crippen LogP contribution in [0.1, 0.15) is 62.4 Å². The van der Waals surface area contributed by atoms with E-state index in [4.69, 9.17) is 0 Å². The minimum Gasteiger partial charge on any atom is -0.358 e. The van der Waals surface area contributed by atoms with Crippen molar-refractivity contribution in [2.24, 2.45) is 10.8 Å². The third-order valence-electron chi connectivity index (χ3n) is 2.55. The van der Waals surface area contributed by atoms with Crippen molar-refractivity contribution in [3.63, 3.8) is 0 Å². The van der Waals surface area contributed by atoms with Gasteiger partial charge in [-0.1, -0.05) is 41.5 Å². The summed E-state index contributed by atoms with van der Waals surface area (Å²) in [5, 5.41) is 0. The van der Waals surface area contributed by atoms with Crippen LogP contribution in [0, 0.1) is 10.8 Å². The van der Waals surface area contributed by atoms with Gasteiger partial charge in [0.2, 0.25) is 0 Å². The highest BCUT2D eigenvalue weighted by molar-refractivity contribution is 6.04. The molecule has 1 N–H and O–H groups in total. The first kappa shape index (κ1) is 13.7. The van der Waals surface area contributed by atoms with Crippen LogP contribution in [0.4, 0.5) is 0 Å². The van der Waals surface area contributed by atoms with E-state index in [1.807, 2.05) is 41.5 Å². The van der Waals surface area contributed by atoms with Crippen molar-refractivity contribution >= 4 is 11.6 Å².